The molecule has 15 heavy (non-hydrogen) atoms. The Morgan fingerprint density at radius 1 is 1.33 bits per heavy atom. The first-order valence-electron chi connectivity index (χ1n) is 3.96. The summed E-state index contributed by atoms with van der Waals surface area (Å²) >= 11 is 0. The first-order chi connectivity index (χ1) is 6.97. The number of halogens is 3. The lowest BCUT2D eigenvalue weighted by Gasteiger charge is -2.09. The molecular formula is C9H8F3NO2. The SMILES string of the molecule is COc1cc(F)c(NC(C)=O)c(F)c1F. The van der Waals surface area contributed by atoms with Crippen molar-refractivity contribution < 1.29 is 22.7 Å². The van der Waals surface area contributed by atoms with Crippen LogP contribution in [0.1, 0.15) is 6.92 Å². The summed E-state index contributed by atoms with van der Waals surface area (Å²) in [6.45, 7) is 1.06. The Kier molecular flexibility index (Phi) is 3.18. The number of hydrogen-bond acceptors (Lipinski definition) is 2. The highest BCUT2D eigenvalue weighted by molar-refractivity contribution is 5.89. The van der Waals surface area contributed by atoms with Gasteiger partial charge >= 0.3 is 0 Å². The Morgan fingerprint density at radius 3 is 2.40 bits per heavy atom. The van der Waals surface area contributed by atoms with E-state index in [2.05, 4.69) is 4.74 Å². The molecule has 0 aliphatic rings. The standard InChI is InChI=1S/C9H8F3NO2/c1-4(14)13-9-5(10)3-6(15-2)7(11)8(9)12/h3H,1-2H3,(H,13,14). The molecule has 1 rings (SSSR count). The summed E-state index contributed by atoms with van der Waals surface area (Å²) in [5.41, 5.74) is -0.819. The molecule has 0 bridgehead atoms. The predicted molar refractivity (Wildman–Crippen MR) is 47.2 cm³/mol. The van der Waals surface area contributed by atoms with Gasteiger partial charge in [0, 0.05) is 13.0 Å². The van der Waals surface area contributed by atoms with Gasteiger partial charge in [0.15, 0.2) is 17.4 Å². The molecule has 1 amide bonds. The van der Waals surface area contributed by atoms with E-state index < -0.39 is 34.8 Å². The first kappa shape index (κ1) is 11.4. The Balaban J connectivity index is 3.29. The molecular weight excluding hydrogens is 211 g/mol. The molecule has 82 valence electrons. The quantitative estimate of drug-likeness (QED) is 0.773. The maximum absolute atomic E-state index is 13.2. The van der Waals surface area contributed by atoms with Crippen molar-refractivity contribution in [3.05, 3.63) is 23.5 Å². The van der Waals surface area contributed by atoms with Crippen molar-refractivity contribution in [2.45, 2.75) is 6.92 Å². The van der Waals surface area contributed by atoms with Crippen molar-refractivity contribution >= 4 is 11.6 Å². The molecule has 0 unspecified atom stereocenters. The highest BCUT2D eigenvalue weighted by Crippen LogP contribution is 2.28. The fourth-order valence-electron chi connectivity index (χ4n) is 1.01. The van der Waals surface area contributed by atoms with Gasteiger partial charge in [0.1, 0.15) is 5.69 Å². The zero-order valence-corrected chi connectivity index (χ0v) is 8.03. The normalized spacial score (nSPS) is 9.93. The van der Waals surface area contributed by atoms with Crippen LogP contribution >= 0.6 is 0 Å². The Morgan fingerprint density at radius 2 is 1.93 bits per heavy atom. The van der Waals surface area contributed by atoms with E-state index in [4.69, 9.17) is 0 Å². The van der Waals surface area contributed by atoms with Gasteiger partial charge in [-0.25, -0.2) is 8.78 Å². The number of rotatable bonds is 2. The molecule has 6 heteroatoms. The smallest absolute Gasteiger partial charge is 0.221 e. The monoisotopic (exact) mass is 219 g/mol. The van der Waals surface area contributed by atoms with Gasteiger partial charge in [0.05, 0.1) is 7.11 Å². The molecule has 0 atom stereocenters. The summed E-state index contributed by atoms with van der Waals surface area (Å²) in [4.78, 5) is 10.6. The van der Waals surface area contributed by atoms with Crippen molar-refractivity contribution in [1.29, 1.82) is 0 Å². The van der Waals surface area contributed by atoms with Gasteiger partial charge in [-0.15, -0.1) is 0 Å². The van der Waals surface area contributed by atoms with Crippen LogP contribution in [-0.4, -0.2) is 13.0 Å². The second-order valence-corrected chi connectivity index (χ2v) is 2.74. The minimum Gasteiger partial charge on any atom is -0.493 e. The van der Waals surface area contributed by atoms with Crippen molar-refractivity contribution in [3.63, 3.8) is 0 Å². The fourth-order valence-corrected chi connectivity index (χ4v) is 1.01. The minimum absolute atomic E-state index is 0.556. The lowest BCUT2D eigenvalue weighted by Crippen LogP contribution is -2.11. The van der Waals surface area contributed by atoms with Crippen LogP contribution in [0.15, 0.2) is 6.07 Å². The average Bonchev–Trinajstić information content (AvgIpc) is 2.18. The van der Waals surface area contributed by atoms with E-state index in [-0.39, 0.29) is 0 Å². The maximum atomic E-state index is 13.2. The lowest BCUT2D eigenvalue weighted by molar-refractivity contribution is -0.114. The van der Waals surface area contributed by atoms with Crippen LogP contribution in [0.3, 0.4) is 0 Å². The Bertz CT molecular complexity index is 407. The summed E-state index contributed by atoms with van der Waals surface area (Å²) in [6, 6.07) is 0.656. The number of carbonyl (C=O) groups is 1. The molecule has 0 aliphatic carbocycles. The van der Waals surface area contributed by atoms with E-state index in [1.54, 1.807) is 0 Å². The van der Waals surface area contributed by atoms with Crippen LogP contribution in [0.4, 0.5) is 18.9 Å². The molecule has 0 saturated carbocycles. The third kappa shape index (κ3) is 2.20. The van der Waals surface area contributed by atoms with Gasteiger partial charge in [0.2, 0.25) is 11.7 Å². The number of methoxy groups -OCH3 is 1. The van der Waals surface area contributed by atoms with Gasteiger partial charge in [-0.1, -0.05) is 0 Å². The topological polar surface area (TPSA) is 38.3 Å². The summed E-state index contributed by atoms with van der Waals surface area (Å²) < 4.78 is 43.8. The fraction of sp³-hybridized carbons (Fsp3) is 0.222. The first-order valence-corrected chi connectivity index (χ1v) is 3.96. The third-order valence-electron chi connectivity index (χ3n) is 1.65. The van der Waals surface area contributed by atoms with Gasteiger partial charge in [0.25, 0.3) is 0 Å². The number of amides is 1. The van der Waals surface area contributed by atoms with Gasteiger partial charge in [-0.05, 0) is 0 Å². The highest BCUT2D eigenvalue weighted by atomic mass is 19.2. The lowest BCUT2D eigenvalue weighted by atomic mass is 10.2. The van der Waals surface area contributed by atoms with E-state index in [0.29, 0.717) is 6.07 Å². The highest BCUT2D eigenvalue weighted by Gasteiger charge is 2.19. The van der Waals surface area contributed by atoms with Crippen molar-refractivity contribution in [1.82, 2.24) is 0 Å². The average molecular weight is 219 g/mol. The summed E-state index contributed by atoms with van der Waals surface area (Å²) in [6.07, 6.45) is 0. The maximum Gasteiger partial charge on any atom is 0.221 e. The number of hydrogen-bond donors (Lipinski definition) is 1. The molecule has 0 heterocycles. The molecule has 0 aliphatic heterocycles. The molecule has 1 N–H and O–H groups in total. The number of benzene rings is 1. The van der Waals surface area contributed by atoms with E-state index >= 15 is 0 Å². The number of ether oxygens (including phenoxy) is 1. The minimum atomic E-state index is -1.48. The predicted octanol–water partition coefficient (Wildman–Crippen LogP) is 2.07. The van der Waals surface area contributed by atoms with Gasteiger partial charge in [-0.2, -0.15) is 4.39 Å². The molecule has 0 radical (unpaired) electrons. The molecule has 3 nitrogen and oxygen atoms in total. The number of carbonyl (C=O) groups excluding carboxylic acids is 1. The zero-order chi connectivity index (χ0) is 11.6. The van der Waals surface area contributed by atoms with Crippen LogP contribution < -0.4 is 10.1 Å². The van der Waals surface area contributed by atoms with Gasteiger partial charge in [-0.3, -0.25) is 4.79 Å². The molecule has 1 aromatic carbocycles. The summed E-state index contributed by atoms with van der Waals surface area (Å²) in [5.74, 6) is -5.18. The summed E-state index contributed by atoms with van der Waals surface area (Å²) in [5, 5.41) is 1.85. The van der Waals surface area contributed by atoms with Gasteiger partial charge < -0.3 is 10.1 Å². The van der Waals surface area contributed by atoms with E-state index in [1.165, 1.54) is 0 Å². The van der Waals surface area contributed by atoms with Crippen LogP contribution in [-0.2, 0) is 4.79 Å². The van der Waals surface area contributed by atoms with Crippen LogP contribution in [0.25, 0.3) is 0 Å². The number of anilines is 1. The van der Waals surface area contributed by atoms with E-state index in [1.807, 2.05) is 5.32 Å². The third-order valence-corrected chi connectivity index (χ3v) is 1.65. The largest absolute Gasteiger partial charge is 0.493 e. The second kappa shape index (κ2) is 4.20. The van der Waals surface area contributed by atoms with Crippen LogP contribution in [0.5, 0.6) is 5.75 Å². The van der Waals surface area contributed by atoms with Crippen LogP contribution in [0.2, 0.25) is 0 Å². The molecule has 0 aromatic heterocycles. The Hall–Kier alpha value is -1.72. The van der Waals surface area contributed by atoms with E-state index in [9.17, 15) is 18.0 Å². The molecule has 0 saturated heterocycles. The second-order valence-electron chi connectivity index (χ2n) is 2.74. The Labute approximate surface area is 83.8 Å². The van der Waals surface area contributed by atoms with E-state index in [0.717, 1.165) is 14.0 Å². The molecule has 0 spiro atoms. The summed E-state index contributed by atoms with van der Waals surface area (Å²) in [7, 11) is 1.08. The van der Waals surface area contributed by atoms with Crippen molar-refractivity contribution in [3.8, 4) is 5.75 Å². The van der Waals surface area contributed by atoms with Crippen LogP contribution in [0, 0.1) is 17.5 Å². The molecule has 1 aromatic rings. The number of nitrogens with one attached hydrogen (secondary N) is 1. The van der Waals surface area contributed by atoms with Crippen molar-refractivity contribution in [2.75, 3.05) is 12.4 Å². The molecule has 0 fully saturated rings. The van der Waals surface area contributed by atoms with Crippen molar-refractivity contribution in [2.24, 2.45) is 0 Å². The zero-order valence-electron chi connectivity index (χ0n) is 8.03.